The Labute approximate surface area is 133 Å². The Morgan fingerprint density at radius 2 is 2.20 bits per heavy atom. The molecule has 4 nitrogen and oxygen atoms in total. The summed E-state index contributed by atoms with van der Waals surface area (Å²) in [4.78, 5) is 11.8. The van der Waals surface area contributed by atoms with Crippen LogP contribution in [0.3, 0.4) is 0 Å². The van der Waals surface area contributed by atoms with Gasteiger partial charge in [-0.15, -0.1) is 17.8 Å². The molecule has 0 amide bonds. The van der Waals surface area contributed by atoms with E-state index >= 15 is 0 Å². The molecule has 0 spiro atoms. The van der Waals surface area contributed by atoms with Gasteiger partial charge in [-0.05, 0) is 42.8 Å². The van der Waals surface area contributed by atoms with E-state index in [4.69, 9.17) is 11.5 Å². The number of carboxylic acid groups (broad SMARTS) is 1. The highest BCUT2D eigenvalue weighted by Crippen LogP contribution is 2.33. The van der Waals surface area contributed by atoms with Gasteiger partial charge in [-0.3, -0.25) is 4.79 Å². The lowest BCUT2D eigenvalue weighted by Crippen LogP contribution is -2.48. The SMILES string of the molecule is C#C[C@@](CC(=O)O)(NS(=O)C(C)(C)C)c1cc(Br)cs1. The van der Waals surface area contributed by atoms with Crippen LogP contribution >= 0.6 is 27.3 Å². The van der Waals surface area contributed by atoms with Gasteiger partial charge < -0.3 is 5.11 Å². The fraction of sp³-hybridized carbons (Fsp3) is 0.462. The first-order valence-corrected chi connectivity index (χ1v) is 8.57. The van der Waals surface area contributed by atoms with Crippen molar-refractivity contribution < 1.29 is 14.1 Å². The molecule has 1 unspecified atom stereocenters. The zero-order chi connectivity index (χ0) is 15.6. The highest BCUT2D eigenvalue weighted by atomic mass is 79.9. The number of thiophene rings is 1. The molecule has 1 aromatic rings. The topological polar surface area (TPSA) is 66.4 Å². The van der Waals surface area contributed by atoms with E-state index in [1.54, 1.807) is 26.8 Å². The first-order valence-electron chi connectivity index (χ1n) is 5.74. The van der Waals surface area contributed by atoms with Gasteiger partial charge in [0.15, 0.2) is 0 Å². The Morgan fingerprint density at radius 1 is 1.60 bits per heavy atom. The number of carboxylic acids is 1. The van der Waals surface area contributed by atoms with Gasteiger partial charge in [0.2, 0.25) is 0 Å². The van der Waals surface area contributed by atoms with Crippen molar-refractivity contribution in [1.29, 1.82) is 0 Å². The Bertz CT molecular complexity index is 571. The minimum atomic E-state index is -1.48. The molecule has 0 saturated carbocycles. The van der Waals surface area contributed by atoms with Gasteiger partial charge in [-0.2, -0.15) is 0 Å². The molecule has 0 aliphatic heterocycles. The summed E-state index contributed by atoms with van der Waals surface area (Å²) in [6, 6.07) is 1.75. The van der Waals surface area contributed by atoms with Crippen LogP contribution in [0.1, 0.15) is 32.1 Å². The smallest absolute Gasteiger partial charge is 0.306 e. The predicted molar refractivity (Wildman–Crippen MR) is 85.8 cm³/mol. The van der Waals surface area contributed by atoms with Gasteiger partial charge in [-0.25, -0.2) is 8.93 Å². The van der Waals surface area contributed by atoms with Crippen molar-refractivity contribution in [2.75, 3.05) is 0 Å². The maximum Gasteiger partial charge on any atom is 0.306 e. The van der Waals surface area contributed by atoms with Crippen LogP contribution in [0.5, 0.6) is 0 Å². The molecule has 1 rings (SSSR count). The second-order valence-corrected chi connectivity index (χ2v) is 9.03. The normalized spacial score (nSPS) is 16.1. The Hall–Kier alpha value is -0.680. The quantitative estimate of drug-likeness (QED) is 0.775. The maximum atomic E-state index is 12.3. The molecule has 110 valence electrons. The first kappa shape index (κ1) is 17.4. The van der Waals surface area contributed by atoms with E-state index in [2.05, 4.69) is 26.6 Å². The average molecular weight is 378 g/mol. The number of hydrogen-bond donors (Lipinski definition) is 2. The van der Waals surface area contributed by atoms with Gasteiger partial charge in [0.1, 0.15) is 5.54 Å². The zero-order valence-electron chi connectivity index (χ0n) is 11.4. The molecule has 0 aromatic carbocycles. The number of nitrogens with one attached hydrogen (secondary N) is 1. The largest absolute Gasteiger partial charge is 0.481 e. The molecule has 0 fully saturated rings. The minimum Gasteiger partial charge on any atom is -0.481 e. The van der Waals surface area contributed by atoms with Crippen molar-refractivity contribution in [1.82, 2.24) is 4.72 Å². The van der Waals surface area contributed by atoms with Crippen molar-refractivity contribution >= 4 is 44.2 Å². The third-order valence-electron chi connectivity index (χ3n) is 2.47. The summed E-state index contributed by atoms with van der Waals surface area (Å²) in [6.45, 7) is 5.38. The molecule has 20 heavy (non-hydrogen) atoms. The van der Waals surface area contributed by atoms with E-state index in [1.807, 2.05) is 5.38 Å². The van der Waals surface area contributed by atoms with Crippen LogP contribution in [0, 0.1) is 12.3 Å². The molecular weight excluding hydrogens is 362 g/mol. The Balaban J connectivity index is 3.24. The Morgan fingerprint density at radius 3 is 2.55 bits per heavy atom. The molecule has 0 aliphatic rings. The van der Waals surface area contributed by atoms with Gasteiger partial charge in [0.25, 0.3) is 0 Å². The van der Waals surface area contributed by atoms with Crippen LogP contribution in [0.25, 0.3) is 0 Å². The van der Waals surface area contributed by atoms with E-state index in [1.165, 1.54) is 11.3 Å². The summed E-state index contributed by atoms with van der Waals surface area (Å²) < 4.78 is 15.4. The summed E-state index contributed by atoms with van der Waals surface area (Å²) in [6.07, 6.45) is 5.23. The first-order chi connectivity index (χ1) is 9.10. The van der Waals surface area contributed by atoms with Crippen molar-refractivity contribution in [3.8, 4) is 12.3 Å². The monoisotopic (exact) mass is 377 g/mol. The van der Waals surface area contributed by atoms with Gasteiger partial charge in [0, 0.05) is 14.7 Å². The molecule has 0 bridgehead atoms. The summed E-state index contributed by atoms with van der Waals surface area (Å²) in [5.41, 5.74) is -1.28. The maximum absolute atomic E-state index is 12.3. The standard InChI is InChI=1S/C13H16BrNO3S2/c1-5-13(7-11(16)17,10-6-9(14)8-19-10)15-20(18)12(2,3)4/h1,6,8,15H,7H2,2-4H3,(H,16,17)/t13-,20?/m0/s1. The lowest BCUT2D eigenvalue weighted by Gasteiger charge is -2.30. The number of rotatable bonds is 5. The summed E-state index contributed by atoms with van der Waals surface area (Å²) in [7, 11) is -1.48. The highest BCUT2D eigenvalue weighted by molar-refractivity contribution is 9.10. The van der Waals surface area contributed by atoms with E-state index in [0.717, 1.165) is 4.47 Å². The fourth-order valence-electron chi connectivity index (χ4n) is 1.40. The number of carbonyl (C=O) groups is 1. The fourth-order valence-corrected chi connectivity index (χ4v) is 3.88. The van der Waals surface area contributed by atoms with Crippen LogP contribution < -0.4 is 4.72 Å². The van der Waals surface area contributed by atoms with Crippen molar-refractivity contribution in [3.05, 3.63) is 20.8 Å². The molecule has 2 atom stereocenters. The number of terminal acetylenes is 1. The minimum absolute atomic E-state index is 0.335. The second-order valence-electron chi connectivity index (χ2n) is 5.23. The van der Waals surface area contributed by atoms with Gasteiger partial charge in [-0.1, -0.05) is 5.92 Å². The van der Waals surface area contributed by atoms with E-state index in [9.17, 15) is 9.00 Å². The van der Waals surface area contributed by atoms with Crippen molar-refractivity contribution in [2.45, 2.75) is 37.5 Å². The number of aliphatic carboxylic acids is 1. The molecular formula is C13H16BrNO3S2. The zero-order valence-corrected chi connectivity index (χ0v) is 14.6. The van der Waals surface area contributed by atoms with E-state index in [-0.39, 0.29) is 6.42 Å². The van der Waals surface area contributed by atoms with Crippen molar-refractivity contribution in [3.63, 3.8) is 0 Å². The van der Waals surface area contributed by atoms with E-state index < -0.39 is 27.2 Å². The summed E-state index contributed by atoms with van der Waals surface area (Å²) in [5.74, 6) is 1.43. The summed E-state index contributed by atoms with van der Waals surface area (Å²) >= 11 is 4.64. The second kappa shape index (κ2) is 6.39. The van der Waals surface area contributed by atoms with Crippen LogP contribution in [-0.2, 0) is 21.3 Å². The summed E-state index contributed by atoms with van der Waals surface area (Å²) in [5, 5.41) is 10.9. The number of halogens is 1. The lowest BCUT2D eigenvalue weighted by molar-refractivity contribution is -0.138. The van der Waals surface area contributed by atoms with Crippen LogP contribution in [0.15, 0.2) is 15.9 Å². The highest BCUT2D eigenvalue weighted by Gasteiger charge is 2.38. The molecule has 1 heterocycles. The predicted octanol–water partition coefficient (Wildman–Crippen LogP) is 2.87. The van der Waals surface area contributed by atoms with Crippen LogP contribution in [0.2, 0.25) is 0 Å². The molecule has 1 aromatic heterocycles. The molecule has 7 heteroatoms. The lowest BCUT2D eigenvalue weighted by atomic mass is 9.96. The molecule has 2 N–H and O–H groups in total. The van der Waals surface area contributed by atoms with Crippen molar-refractivity contribution in [2.24, 2.45) is 0 Å². The van der Waals surface area contributed by atoms with Gasteiger partial charge >= 0.3 is 5.97 Å². The third-order valence-corrected chi connectivity index (χ3v) is 5.97. The molecule has 0 saturated heterocycles. The molecule has 0 radical (unpaired) electrons. The Kier molecular flexibility index (Phi) is 5.55. The van der Waals surface area contributed by atoms with Crippen LogP contribution in [0.4, 0.5) is 0 Å². The van der Waals surface area contributed by atoms with E-state index in [0.29, 0.717) is 4.88 Å². The third kappa shape index (κ3) is 4.16. The average Bonchev–Trinajstić information content (AvgIpc) is 2.73. The molecule has 0 aliphatic carbocycles. The van der Waals surface area contributed by atoms with Gasteiger partial charge in [0.05, 0.1) is 22.2 Å². The number of hydrogen-bond acceptors (Lipinski definition) is 3. The van der Waals surface area contributed by atoms with Crippen LogP contribution in [-0.4, -0.2) is 20.0 Å².